The smallest absolute Gasteiger partial charge is 0.231 e. The Hall–Kier alpha value is -1.11. The van der Waals surface area contributed by atoms with Gasteiger partial charge in [0.2, 0.25) is 6.79 Å². The fraction of sp³-hybridized carbons (Fsp3) is 0.200. The highest BCUT2D eigenvalue weighted by atomic mass is 79.9. The molecule has 6 heteroatoms. The summed E-state index contributed by atoms with van der Waals surface area (Å²) in [7, 11) is 0. The first-order valence-electron chi connectivity index (χ1n) is 6.25. The van der Waals surface area contributed by atoms with Gasteiger partial charge in [0.05, 0.1) is 15.0 Å². The Labute approximate surface area is 137 Å². The van der Waals surface area contributed by atoms with Crippen LogP contribution >= 0.6 is 31.9 Å². The molecule has 1 aliphatic heterocycles. The summed E-state index contributed by atoms with van der Waals surface area (Å²) in [5.41, 5.74) is 1.55. The minimum atomic E-state index is -0.715. The number of halogens is 3. The van der Waals surface area contributed by atoms with Crippen LogP contribution in [0, 0.1) is 5.82 Å². The number of aliphatic hydroxyl groups excluding tert-OH is 1. The maximum absolute atomic E-state index is 13.2. The van der Waals surface area contributed by atoms with E-state index in [1.807, 2.05) is 0 Å². The summed E-state index contributed by atoms with van der Waals surface area (Å²) in [5.74, 6) is 0.938. The molecule has 110 valence electrons. The highest BCUT2D eigenvalue weighted by Gasteiger charge is 2.20. The third kappa shape index (κ3) is 3.07. The molecule has 1 atom stereocenters. The average Bonchev–Trinajstić information content (AvgIpc) is 2.92. The Kier molecular flexibility index (Phi) is 4.19. The fourth-order valence-electron chi connectivity index (χ4n) is 2.19. The fourth-order valence-corrected chi connectivity index (χ4v) is 3.19. The van der Waals surface area contributed by atoms with Gasteiger partial charge in [-0.2, -0.15) is 0 Å². The maximum Gasteiger partial charge on any atom is 0.231 e. The maximum atomic E-state index is 13.2. The molecule has 1 heterocycles. The molecule has 1 aliphatic rings. The molecule has 0 amide bonds. The summed E-state index contributed by atoms with van der Waals surface area (Å²) < 4.78 is 25.0. The Morgan fingerprint density at radius 3 is 2.71 bits per heavy atom. The molecule has 0 aromatic heterocycles. The van der Waals surface area contributed by atoms with Crippen LogP contribution in [0.4, 0.5) is 4.39 Å². The summed E-state index contributed by atoms with van der Waals surface area (Å²) in [5, 5.41) is 10.4. The zero-order chi connectivity index (χ0) is 15.0. The zero-order valence-electron chi connectivity index (χ0n) is 10.8. The predicted molar refractivity (Wildman–Crippen MR) is 83.0 cm³/mol. The van der Waals surface area contributed by atoms with Crippen LogP contribution in [0.1, 0.15) is 17.2 Å². The van der Waals surface area contributed by atoms with Gasteiger partial charge in [-0.3, -0.25) is 0 Å². The van der Waals surface area contributed by atoms with Gasteiger partial charge >= 0.3 is 0 Å². The molecule has 0 radical (unpaired) electrons. The molecule has 3 rings (SSSR count). The van der Waals surface area contributed by atoms with Crippen molar-refractivity contribution < 1.29 is 19.0 Å². The molecule has 2 aromatic rings. The second kappa shape index (κ2) is 5.94. The average molecular weight is 418 g/mol. The quantitative estimate of drug-likeness (QED) is 0.806. The minimum Gasteiger partial charge on any atom is -0.454 e. The molecule has 0 saturated carbocycles. The minimum absolute atomic E-state index is 0.179. The van der Waals surface area contributed by atoms with Crippen molar-refractivity contribution in [1.29, 1.82) is 0 Å². The molecule has 1 unspecified atom stereocenters. The third-order valence-electron chi connectivity index (χ3n) is 3.25. The Bertz CT molecular complexity index is 691. The molecule has 0 saturated heterocycles. The van der Waals surface area contributed by atoms with E-state index in [-0.39, 0.29) is 12.6 Å². The Morgan fingerprint density at radius 1 is 1.14 bits per heavy atom. The molecule has 21 heavy (non-hydrogen) atoms. The lowest BCUT2D eigenvalue weighted by atomic mass is 10.0. The number of aliphatic hydroxyl groups is 1. The molecule has 0 fully saturated rings. The summed E-state index contributed by atoms with van der Waals surface area (Å²) >= 11 is 6.54. The van der Waals surface area contributed by atoms with Crippen LogP contribution in [0.5, 0.6) is 11.5 Å². The first-order valence-corrected chi connectivity index (χ1v) is 7.84. The number of hydrogen-bond acceptors (Lipinski definition) is 3. The van der Waals surface area contributed by atoms with E-state index in [1.165, 1.54) is 6.07 Å². The van der Waals surface area contributed by atoms with E-state index in [1.54, 1.807) is 24.3 Å². The van der Waals surface area contributed by atoms with Crippen LogP contribution in [0.15, 0.2) is 39.3 Å². The number of fused-ring (bicyclic) bond motifs is 1. The summed E-state index contributed by atoms with van der Waals surface area (Å²) in [6.45, 7) is 0.179. The first-order chi connectivity index (χ1) is 10.0. The standard InChI is InChI=1S/C15H11Br2FO3/c16-10-3-8(1-2-12(10)18)4-13(19)9-5-11(17)15-14(6-9)20-7-21-15/h1-3,5-6,13,19H,4,7H2. The topological polar surface area (TPSA) is 38.7 Å². The van der Waals surface area contributed by atoms with Crippen molar-refractivity contribution in [1.82, 2.24) is 0 Å². The first kappa shape index (κ1) is 14.8. The van der Waals surface area contributed by atoms with Gasteiger partial charge in [-0.1, -0.05) is 6.07 Å². The van der Waals surface area contributed by atoms with Crippen molar-refractivity contribution in [2.75, 3.05) is 6.79 Å². The van der Waals surface area contributed by atoms with Crippen LogP contribution < -0.4 is 9.47 Å². The number of rotatable bonds is 3. The van der Waals surface area contributed by atoms with Crippen molar-refractivity contribution in [2.24, 2.45) is 0 Å². The zero-order valence-corrected chi connectivity index (χ0v) is 13.9. The molecule has 1 N–H and O–H groups in total. The molecular formula is C15H11Br2FO3. The molecule has 3 nitrogen and oxygen atoms in total. The van der Waals surface area contributed by atoms with Crippen LogP contribution in [0.2, 0.25) is 0 Å². The van der Waals surface area contributed by atoms with E-state index < -0.39 is 6.10 Å². The van der Waals surface area contributed by atoms with Crippen molar-refractivity contribution in [3.8, 4) is 11.5 Å². The summed E-state index contributed by atoms with van der Waals surface area (Å²) in [6, 6.07) is 8.26. The van der Waals surface area contributed by atoms with E-state index in [4.69, 9.17) is 9.47 Å². The van der Waals surface area contributed by atoms with Crippen LogP contribution in [0.3, 0.4) is 0 Å². The Balaban J connectivity index is 1.83. The van der Waals surface area contributed by atoms with Crippen LogP contribution in [-0.4, -0.2) is 11.9 Å². The SMILES string of the molecule is OC(Cc1ccc(F)c(Br)c1)c1cc(Br)c2c(c1)OCO2. The van der Waals surface area contributed by atoms with Gasteiger partial charge in [0.15, 0.2) is 11.5 Å². The molecule has 0 spiro atoms. The lowest BCUT2D eigenvalue weighted by molar-refractivity contribution is 0.171. The lowest BCUT2D eigenvalue weighted by Crippen LogP contribution is -2.02. The Morgan fingerprint density at radius 2 is 1.95 bits per heavy atom. The van der Waals surface area contributed by atoms with Gasteiger partial charge in [0.25, 0.3) is 0 Å². The van der Waals surface area contributed by atoms with Gasteiger partial charge in [0, 0.05) is 6.42 Å². The number of hydrogen-bond donors (Lipinski definition) is 1. The van der Waals surface area contributed by atoms with Crippen molar-refractivity contribution >= 4 is 31.9 Å². The second-order valence-corrected chi connectivity index (χ2v) is 6.41. The highest BCUT2D eigenvalue weighted by molar-refractivity contribution is 9.10. The normalized spacial score (nSPS) is 14.3. The van der Waals surface area contributed by atoms with Gasteiger partial charge < -0.3 is 14.6 Å². The highest BCUT2D eigenvalue weighted by Crippen LogP contribution is 2.41. The van der Waals surface area contributed by atoms with E-state index >= 15 is 0 Å². The lowest BCUT2D eigenvalue weighted by Gasteiger charge is -2.13. The van der Waals surface area contributed by atoms with Gasteiger partial charge in [-0.05, 0) is 67.3 Å². The van der Waals surface area contributed by atoms with E-state index in [0.29, 0.717) is 28.0 Å². The van der Waals surface area contributed by atoms with Gasteiger partial charge in [0.1, 0.15) is 5.82 Å². The van der Waals surface area contributed by atoms with Crippen molar-refractivity contribution in [2.45, 2.75) is 12.5 Å². The van der Waals surface area contributed by atoms with E-state index in [0.717, 1.165) is 10.0 Å². The van der Waals surface area contributed by atoms with E-state index in [9.17, 15) is 9.50 Å². The van der Waals surface area contributed by atoms with Gasteiger partial charge in [-0.15, -0.1) is 0 Å². The number of benzene rings is 2. The monoisotopic (exact) mass is 416 g/mol. The molecule has 0 bridgehead atoms. The van der Waals surface area contributed by atoms with Gasteiger partial charge in [-0.25, -0.2) is 4.39 Å². The van der Waals surface area contributed by atoms with Crippen LogP contribution in [0.25, 0.3) is 0 Å². The predicted octanol–water partition coefficient (Wildman–Crippen LogP) is 4.36. The van der Waals surface area contributed by atoms with Crippen LogP contribution in [-0.2, 0) is 6.42 Å². The third-order valence-corrected chi connectivity index (χ3v) is 4.44. The molecule has 0 aliphatic carbocycles. The van der Waals surface area contributed by atoms with Crippen molar-refractivity contribution in [3.05, 3.63) is 56.2 Å². The second-order valence-electron chi connectivity index (χ2n) is 4.70. The molecule has 2 aromatic carbocycles. The molecular weight excluding hydrogens is 407 g/mol. The largest absolute Gasteiger partial charge is 0.454 e. The summed E-state index contributed by atoms with van der Waals surface area (Å²) in [4.78, 5) is 0. The van der Waals surface area contributed by atoms with Crippen molar-refractivity contribution in [3.63, 3.8) is 0 Å². The number of ether oxygens (including phenoxy) is 2. The summed E-state index contributed by atoms with van der Waals surface area (Å²) in [6.07, 6.45) is -0.335. The van der Waals surface area contributed by atoms with E-state index in [2.05, 4.69) is 31.9 Å².